The van der Waals surface area contributed by atoms with Crippen LogP contribution in [0.5, 0.6) is 0 Å². The number of likely N-dealkylation sites (tertiary alicyclic amines) is 1. The average Bonchev–Trinajstić information content (AvgIpc) is 3.09. The van der Waals surface area contributed by atoms with Gasteiger partial charge in [0.05, 0.1) is 18.2 Å². The molecular weight excluding hydrogens is 312 g/mol. The number of hydrogen-bond donors (Lipinski definition) is 0. The Morgan fingerprint density at radius 3 is 2.96 bits per heavy atom. The van der Waals surface area contributed by atoms with Gasteiger partial charge in [-0.1, -0.05) is 24.3 Å². The third-order valence-electron chi connectivity index (χ3n) is 6.40. The Bertz CT molecular complexity index is 855. The Kier molecular flexibility index (Phi) is 2.91. The van der Waals surface area contributed by atoms with Gasteiger partial charge in [-0.25, -0.2) is 0 Å². The maximum absolute atomic E-state index is 13.1. The molecule has 1 aromatic carbocycles. The minimum atomic E-state index is -0.428. The van der Waals surface area contributed by atoms with Crippen LogP contribution in [0.25, 0.3) is 0 Å². The number of carbonyl (C=O) groups is 1. The molecule has 2 saturated heterocycles. The summed E-state index contributed by atoms with van der Waals surface area (Å²) in [5.74, 6) is 1.13. The van der Waals surface area contributed by atoms with E-state index in [0.717, 1.165) is 37.4 Å². The van der Waals surface area contributed by atoms with Crippen molar-refractivity contribution in [1.29, 1.82) is 0 Å². The van der Waals surface area contributed by atoms with Gasteiger partial charge in [-0.2, -0.15) is 0 Å². The van der Waals surface area contributed by atoms with Crippen LogP contribution in [0.3, 0.4) is 0 Å². The lowest BCUT2D eigenvalue weighted by atomic mass is 9.65. The van der Waals surface area contributed by atoms with Crippen molar-refractivity contribution in [2.45, 2.75) is 30.3 Å². The first-order valence-corrected chi connectivity index (χ1v) is 8.95. The molecule has 2 fully saturated rings. The summed E-state index contributed by atoms with van der Waals surface area (Å²) in [5, 5.41) is 0. The van der Waals surface area contributed by atoms with Crippen LogP contribution in [0.2, 0.25) is 0 Å². The van der Waals surface area contributed by atoms with Crippen molar-refractivity contribution in [3.8, 4) is 0 Å². The van der Waals surface area contributed by atoms with Gasteiger partial charge in [-0.15, -0.1) is 6.58 Å². The number of carbonyl (C=O) groups excluding carboxylic acids is 1. The summed E-state index contributed by atoms with van der Waals surface area (Å²) in [5.41, 5.74) is 2.93. The Morgan fingerprint density at radius 1 is 1.32 bits per heavy atom. The normalized spacial score (nSPS) is 32.5. The summed E-state index contributed by atoms with van der Waals surface area (Å²) in [4.78, 5) is 17.6. The Morgan fingerprint density at radius 2 is 2.16 bits per heavy atom. The first-order valence-electron chi connectivity index (χ1n) is 8.95. The minimum absolute atomic E-state index is 0.219. The minimum Gasteiger partial charge on any atom is -0.497 e. The van der Waals surface area contributed by atoms with Crippen LogP contribution in [0, 0.1) is 0 Å². The second-order valence-electron chi connectivity index (χ2n) is 7.29. The molecule has 5 rings (SSSR count). The van der Waals surface area contributed by atoms with Gasteiger partial charge >= 0.3 is 0 Å². The molecule has 0 bridgehead atoms. The van der Waals surface area contributed by atoms with E-state index in [1.165, 1.54) is 11.1 Å². The van der Waals surface area contributed by atoms with Crippen molar-refractivity contribution < 1.29 is 9.53 Å². The van der Waals surface area contributed by atoms with E-state index in [9.17, 15) is 4.79 Å². The molecule has 1 amide bonds. The highest BCUT2D eigenvalue weighted by Crippen LogP contribution is 2.65. The van der Waals surface area contributed by atoms with Crippen LogP contribution in [0.15, 0.2) is 60.4 Å². The van der Waals surface area contributed by atoms with Gasteiger partial charge in [0, 0.05) is 19.5 Å². The summed E-state index contributed by atoms with van der Waals surface area (Å²) < 4.78 is 5.67. The third kappa shape index (κ3) is 1.50. The SMILES string of the molecule is C=CCN1CC[C@]23C=C(OC)C=C4CCC(=O)N(c5ccccc52)[C@]413. The van der Waals surface area contributed by atoms with Crippen LogP contribution in [0.4, 0.5) is 5.69 Å². The highest BCUT2D eigenvalue weighted by Gasteiger charge is 2.71. The van der Waals surface area contributed by atoms with Crippen LogP contribution in [-0.2, 0) is 14.9 Å². The van der Waals surface area contributed by atoms with Crippen LogP contribution in [0.1, 0.15) is 24.8 Å². The zero-order chi connectivity index (χ0) is 17.2. The van der Waals surface area contributed by atoms with E-state index in [1.54, 1.807) is 7.11 Å². The highest BCUT2D eigenvalue weighted by molar-refractivity contribution is 6.02. The Hall–Kier alpha value is -2.33. The second kappa shape index (κ2) is 4.85. The summed E-state index contributed by atoms with van der Waals surface area (Å²) in [7, 11) is 1.73. The quantitative estimate of drug-likeness (QED) is 0.796. The lowest BCUT2D eigenvalue weighted by Gasteiger charge is -2.54. The Labute approximate surface area is 148 Å². The monoisotopic (exact) mass is 334 g/mol. The number of allylic oxidation sites excluding steroid dienone is 1. The van der Waals surface area contributed by atoms with E-state index in [-0.39, 0.29) is 11.3 Å². The number of benzene rings is 1. The maximum Gasteiger partial charge on any atom is 0.229 e. The second-order valence-corrected chi connectivity index (χ2v) is 7.29. The number of para-hydroxylation sites is 1. The fourth-order valence-corrected chi connectivity index (χ4v) is 5.67. The van der Waals surface area contributed by atoms with E-state index < -0.39 is 5.66 Å². The molecule has 0 aromatic heterocycles. The largest absolute Gasteiger partial charge is 0.497 e. The smallest absolute Gasteiger partial charge is 0.229 e. The van der Waals surface area contributed by atoms with Gasteiger partial charge in [-0.05, 0) is 42.2 Å². The van der Waals surface area contributed by atoms with Gasteiger partial charge in [0.15, 0.2) is 0 Å². The van der Waals surface area contributed by atoms with E-state index >= 15 is 0 Å². The Balaban J connectivity index is 1.88. The molecular formula is C21H22N2O2. The fraction of sp³-hybridized carbons (Fsp3) is 0.381. The number of anilines is 1. The number of rotatable bonds is 3. The van der Waals surface area contributed by atoms with E-state index in [0.29, 0.717) is 6.42 Å². The van der Waals surface area contributed by atoms with Gasteiger partial charge in [0.25, 0.3) is 0 Å². The van der Waals surface area contributed by atoms with Crippen molar-refractivity contribution in [1.82, 2.24) is 4.90 Å². The molecule has 0 unspecified atom stereocenters. The number of hydrogen-bond acceptors (Lipinski definition) is 3. The number of nitrogens with zero attached hydrogens (tertiary/aromatic N) is 2. The standard InChI is InChI=1S/C21H22N2O2/c1-3-11-22-12-10-20-14-16(25-2)13-15-8-9-19(24)23(21(15,20)22)18-7-5-4-6-17(18)20/h3-7,13-14H,1,8-12H2,2H3/t20-,21-/m0/s1. The summed E-state index contributed by atoms with van der Waals surface area (Å²) in [6.07, 6.45) is 8.69. The number of fused-ring (bicyclic) bond motifs is 2. The zero-order valence-corrected chi connectivity index (χ0v) is 14.5. The molecule has 4 nitrogen and oxygen atoms in total. The van der Waals surface area contributed by atoms with Crippen molar-refractivity contribution in [3.63, 3.8) is 0 Å². The van der Waals surface area contributed by atoms with Crippen molar-refractivity contribution >= 4 is 11.6 Å². The molecule has 4 aliphatic rings. The van der Waals surface area contributed by atoms with E-state index in [1.807, 2.05) is 12.1 Å². The molecule has 1 aliphatic carbocycles. The number of ether oxygens (including phenoxy) is 1. The summed E-state index contributed by atoms with van der Waals surface area (Å²) in [6.45, 7) is 5.67. The molecule has 3 heterocycles. The van der Waals surface area contributed by atoms with E-state index in [4.69, 9.17) is 4.74 Å². The van der Waals surface area contributed by atoms with Gasteiger partial charge in [0.1, 0.15) is 11.4 Å². The van der Waals surface area contributed by atoms with Crippen LogP contribution < -0.4 is 4.90 Å². The first kappa shape index (κ1) is 15.0. The van der Waals surface area contributed by atoms with Crippen LogP contribution in [-0.4, -0.2) is 36.7 Å². The maximum atomic E-state index is 13.1. The lowest BCUT2D eigenvalue weighted by Crippen LogP contribution is -2.68. The number of amides is 1. The van der Waals surface area contributed by atoms with Crippen molar-refractivity contribution in [3.05, 3.63) is 66.0 Å². The predicted molar refractivity (Wildman–Crippen MR) is 97.1 cm³/mol. The summed E-state index contributed by atoms with van der Waals surface area (Å²) in [6, 6.07) is 8.39. The lowest BCUT2D eigenvalue weighted by molar-refractivity contribution is -0.122. The predicted octanol–water partition coefficient (Wildman–Crippen LogP) is 3.12. The molecule has 3 aliphatic heterocycles. The van der Waals surface area contributed by atoms with Crippen molar-refractivity contribution in [2.75, 3.05) is 25.1 Å². The van der Waals surface area contributed by atoms with Crippen molar-refractivity contribution in [2.24, 2.45) is 0 Å². The molecule has 0 radical (unpaired) electrons. The molecule has 128 valence electrons. The highest BCUT2D eigenvalue weighted by atomic mass is 16.5. The molecule has 2 atom stereocenters. The molecule has 4 heteroatoms. The number of methoxy groups -OCH3 is 1. The fourth-order valence-electron chi connectivity index (χ4n) is 5.67. The van der Waals surface area contributed by atoms with E-state index in [2.05, 4.69) is 46.7 Å². The molecule has 1 spiro atoms. The van der Waals surface area contributed by atoms with Gasteiger partial charge in [0.2, 0.25) is 5.91 Å². The van der Waals surface area contributed by atoms with Gasteiger partial charge in [-0.3, -0.25) is 14.6 Å². The molecule has 0 N–H and O–H groups in total. The molecule has 0 saturated carbocycles. The van der Waals surface area contributed by atoms with Gasteiger partial charge < -0.3 is 4.74 Å². The topological polar surface area (TPSA) is 32.8 Å². The third-order valence-corrected chi connectivity index (χ3v) is 6.40. The number of piperidine rings is 1. The molecule has 1 aromatic rings. The average molecular weight is 334 g/mol. The first-order chi connectivity index (χ1) is 12.2. The zero-order valence-electron chi connectivity index (χ0n) is 14.5. The molecule has 25 heavy (non-hydrogen) atoms. The van der Waals surface area contributed by atoms with Crippen LogP contribution >= 0.6 is 0 Å². The summed E-state index contributed by atoms with van der Waals surface area (Å²) >= 11 is 0.